The van der Waals surface area contributed by atoms with Crippen molar-refractivity contribution in [3.63, 3.8) is 0 Å². The lowest BCUT2D eigenvalue weighted by molar-refractivity contribution is -0.0379. The molecule has 1 aliphatic carbocycles. The summed E-state index contributed by atoms with van der Waals surface area (Å²) in [7, 11) is -0.407. The highest BCUT2D eigenvalue weighted by molar-refractivity contribution is 7.75. The molecule has 10 heteroatoms. The smallest absolute Gasteiger partial charge is 0.284 e. The van der Waals surface area contributed by atoms with Crippen molar-refractivity contribution in [2.45, 2.75) is 75.3 Å². The van der Waals surface area contributed by atoms with Gasteiger partial charge in [-0.05, 0) is 98.2 Å². The van der Waals surface area contributed by atoms with Crippen LogP contribution in [0, 0.1) is 11.8 Å². The van der Waals surface area contributed by atoms with Crippen molar-refractivity contribution in [2.75, 3.05) is 37.5 Å². The van der Waals surface area contributed by atoms with Gasteiger partial charge in [-0.3, -0.25) is 9.00 Å². The summed E-state index contributed by atoms with van der Waals surface area (Å²) in [6.07, 6.45) is 6.80. The van der Waals surface area contributed by atoms with E-state index in [1.165, 1.54) is 11.1 Å². The molecule has 2 saturated heterocycles. The molecule has 4 heterocycles. The highest BCUT2D eigenvalue weighted by Gasteiger charge is 2.57. The molecule has 8 nitrogen and oxygen atoms in total. The third-order valence-electron chi connectivity index (χ3n) is 10.2. The third-order valence-corrected chi connectivity index (χ3v) is 11.6. The molecule has 1 amide bonds. The van der Waals surface area contributed by atoms with Crippen molar-refractivity contribution in [1.82, 2.24) is 5.32 Å². The SMILES string of the molecule is CO[C@H]1C[C@@]23CCO[C@@H]2[C@@H]2CC[C@H]2CN2Cc4ccc(Cl)cc4CCCCOc4ccc(cc42)C(=O)/N=[SH](=O)\C[C@H]1N3. The summed E-state index contributed by atoms with van der Waals surface area (Å²) in [4.78, 5) is 15.8. The molecule has 1 N–H and O–H groups in total. The minimum Gasteiger partial charge on any atom is -0.491 e. The Labute approximate surface area is 254 Å². The van der Waals surface area contributed by atoms with Crippen molar-refractivity contribution in [3.8, 4) is 5.75 Å². The van der Waals surface area contributed by atoms with E-state index in [4.69, 9.17) is 25.8 Å². The summed E-state index contributed by atoms with van der Waals surface area (Å²) in [5.74, 6) is 1.40. The maximum atomic E-state index is 13.4. The van der Waals surface area contributed by atoms with Crippen LogP contribution in [0.2, 0.25) is 5.02 Å². The van der Waals surface area contributed by atoms with Gasteiger partial charge in [0.15, 0.2) is 0 Å². The number of thiol groups is 1. The number of hydrogen-bond acceptors (Lipinski definition) is 7. The van der Waals surface area contributed by atoms with Gasteiger partial charge in [-0.2, -0.15) is 4.36 Å². The van der Waals surface area contributed by atoms with Gasteiger partial charge in [0, 0.05) is 65.3 Å². The normalized spacial score (nSPS) is 35.1. The number of ether oxygens (including phenoxy) is 3. The van der Waals surface area contributed by atoms with Crippen LogP contribution in [0.4, 0.5) is 5.69 Å². The van der Waals surface area contributed by atoms with Crippen LogP contribution in [0.3, 0.4) is 0 Å². The molecule has 3 fully saturated rings. The van der Waals surface area contributed by atoms with Crippen molar-refractivity contribution < 1.29 is 23.2 Å². The number of benzene rings is 2. The Hall–Kier alpha value is -2.17. The van der Waals surface area contributed by atoms with Crippen molar-refractivity contribution in [3.05, 3.63) is 58.1 Å². The number of nitrogens with one attached hydrogen (secondary N) is 1. The van der Waals surface area contributed by atoms with Gasteiger partial charge in [-0.15, -0.1) is 0 Å². The van der Waals surface area contributed by atoms with Crippen LogP contribution in [0.15, 0.2) is 40.8 Å². The number of hydrogen-bond donors (Lipinski definition) is 2. The molecule has 1 unspecified atom stereocenters. The van der Waals surface area contributed by atoms with Crippen LogP contribution in [-0.4, -0.2) is 66.5 Å². The van der Waals surface area contributed by atoms with E-state index in [9.17, 15) is 9.00 Å². The number of halogens is 1. The zero-order chi connectivity index (χ0) is 28.8. The van der Waals surface area contributed by atoms with Gasteiger partial charge in [0.1, 0.15) is 5.75 Å². The number of nitrogens with zero attached hydrogens (tertiary/aromatic N) is 2. The molecule has 0 radical (unpaired) electrons. The van der Waals surface area contributed by atoms with Gasteiger partial charge in [0.25, 0.3) is 5.91 Å². The van der Waals surface area contributed by atoms with E-state index in [0.29, 0.717) is 37.2 Å². The van der Waals surface area contributed by atoms with Gasteiger partial charge >= 0.3 is 0 Å². The van der Waals surface area contributed by atoms with Crippen LogP contribution in [-0.2, 0) is 33.0 Å². The molecule has 7 atom stereocenters. The molecule has 4 aliphatic heterocycles. The fourth-order valence-electron chi connectivity index (χ4n) is 7.93. The minimum absolute atomic E-state index is 0.0672. The minimum atomic E-state index is -2.12. The second-order valence-corrected chi connectivity index (χ2v) is 14.4. The predicted octanol–water partition coefficient (Wildman–Crippen LogP) is 4.81. The Balaban J connectivity index is 1.33. The number of rotatable bonds is 1. The number of aryl methyl sites for hydroxylation is 1. The van der Waals surface area contributed by atoms with E-state index in [0.717, 1.165) is 68.0 Å². The Morgan fingerprint density at radius 1 is 1.14 bits per heavy atom. The zero-order valence-corrected chi connectivity index (χ0v) is 25.7. The van der Waals surface area contributed by atoms with Crippen LogP contribution in [0.25, 0.3) is 0 Å². The lowest BCUT2D eigenvalue weighted by Crippen LogP contribution is -2.57. The number of anilines is 1. The summed E-state index contributed by atoms with van der Waals surface area (Å²) in [5.41, 5.74) is 3.60. The largest absolute Gasteiger partial charge is 0.491 e. The molecule has 4 bridgehead atoms. The predicted molar refractivity (Wildman–Crippen MR) is 164 cm³/mol. The van der Waals surface area contributed by atoms with Gasteiger partial charge in [-0.1, -0.05) is 17.7 Å². The van der Waals surface area contributed by atoms with Gasteiger partial charge in [0.05, 0.1) is 24.5 Å². The Morgan fingerprint density at radius 3 is 2.88 bits per heavy atom. The lowest BCUT2D eigenvalue weighted by Gasteiger charge is -2.47. The Kier molecular flexibility index (Phi) is 7.99. The van der Waals surface area contributed by atoms with E-state index in [-0.39, 0.29) is 29.5 Å². The lowest BCUT2D eigenvalue weighted by atomic mass is 9.65. The second-order valence-electron chi connectivity index (χ2n) is 12.6. The molecule has 1 saturated carbocycles. The average Bonchev–Trinajstić information content (AvgIpc) is 3.51. The second kappa shape index (κ2) is 11.7. The highest BCUT2D eigenvalue weighted by Crippen LogP contribution is 2.49. The Bertz CT molecular complexity index is 1450. The zero-order valence-electron chi connectivity index (χ0n) is 24.1. The van der Waals surface area contributed by atoms with Gasteiger partial charge in [0.2, 0.25) is 0 Å². The molecular formula is C32H40ClN3O5S. The van der Waals surface area contributed by atoms with Gasteiger partial charge in [-0.25, -0.2) is 0 Å². The molecule has 7 rings (SSSR count). The molecule has 42 heavy (non-hydrogen) atoms. The van der Waals surface area contributed by atoms with Crippen LogP contribution >= 0.6 is 11.6 Å². The fraction of sp³-hybridized carbons (Fsp3) is 0.594. The maximum Gasteiger partial charge on any atom is 0.284 e. The van der Waals surface area contributed by atoms with Crippen molar-refractivity contribution >= 4 is 33.8 Å². The number of carbonyl (C=O) groups is 1. The highest BCUT2D eigenvalue weighted by atomic mass is 35.5. The summed E-state index contributed by atoms with van der Waals surface area (Å²) < 4.78 is 36.2. The van der Waals surface area contributed by atoms with Crippen molar-refractivity contribution in [1.29, 1.82) is 0 Å². The van der Waals surface area contributed by atoms with Gasteiger partial charge < -0.3 is 24.4 Å². The van der Waals surface area contributed by atoms with Crippen LogP contribution < -0.4 is 15.0 Å². The third kappa shape index (κ3) is 5.36. The number of amides is 1. The molecule has 1 spiro atoms. The van der Waals surface area contributed by atoms with E-state index >= 15 is 0 Å². The molecular weight excluding hydrogens is 574 g/mol. The number of fused-ring (bicyclic) bond motifs is 5. The molecule has 0 aromatic heterocycles. The molecule has 2 aromatic rings. The van der Waals surface area contributed by atoms with Crippen LogP contribution in [0.5, 0.6) is 5.75 Å². The van der Waals surface area contributed by atoms with E-state index in [1.807, 2.05) is 18.2 Å². The summed E-state index contributed by atoms with van der Waals surface area (Å²) >= 11 is 6.44. The summed E-state index contributed by atoms with van der Waals surface area (Å²) in [6, 6.07) is 11.6. The Morgan fingerprint density at radius 2 is 2.05 bits per heavy atom. The average molecular weight is 614 g/mol. The summed E-state index contributed by atoms with van der Waals surface area (Å²) in [6.45, 7) is 2.80. The first-order chi connectivity index (χ1) is 20.4. The molecule has 2 aromatic carbocycles. The van der Waals surface area contributed by atoms with E-state index in [1.54, 1.807) is 13.2 Å². The molecule has 226 valence electrons. The molecule has 5 aliphatic rings. The first-order valence-electron chi connectivity index (χ1n) is 15.3. The fourth-order valence-corrected chi connectivity index (χ4v) is 9.19. The monoisotopic (exact) mass is 613 g/mol. The van der Waals surface area contributed by atoms with E-state index in [2.05, 4.69) is 26.7 Å². The first-order valence-corrected chi connectivity index (χ1v) is 17.1. The summed E-state index contributed by atoms with van der Waals surface area (Å²) in [5, 5.41) is 4.58. The van der Waals surface area contributed by atoms with E-state index < -0.39 is 16.5 Å². The van der Waals surface area contributed by atoms with Crippen LogP contribution in [0.1, 0.15) is 60.0 Å². The maximum absolute atomic E-state index is 13.4. The first kappa shape index (κ1) is 28.6. The quantitative estimate of drug-likeness (QED) is 0.446. The number of methoxy groups -OCH3 is 1. The van der Waals surface area contributed by atoms with Crippen molar-refractivity contribution in [2.24, 2.45) is 16.2 Å². The topological polar surface area (TPSA) is 89.5 Å². The standard InChI is InChI=1S/C32H40ClN3O5S/c1-39-29-16-32-11-13-41-30(32)25-9-6-23(25)18-36-17-22-5-8-24(33)14-20(22)4-2-3-12-40-28-10-7-21(15-27(28)36)31(37)35-42(38)19-26(29)34-32/h5,7-8,10,14-15,23,25-26,29-30,34,42H,2-4,6,9,11-13,16-19H2,1H3/t23-,25+,26+,29-,30+,32-/m0/s1. The number of carbonyl (C=O) groups excluding carboxylic acids is 1.